The van der Waals surface area contributed by atoms with Gasteiger partial charge in [-0.2, -0.15) is 13.2 Å². The number of carboxylic acids is 1. The van der Waals surface area contributed by atoms with Crippen LogP contribution in [0.3, 0.4) is 0 Å². The normalized spacial score (nSPS) is 25.2. The minimum absolute atomic E-state index is 0.111. The van der Waals surface area contributed by atoms with E-state index in [4.69, 9.17) is 5.11 Å². The number of nitrogens with zero attached hydrogens (tertiary/aromatic N) is 1. The summed E-state index contributed by atoms with van der Waals surface area (Å²) in [6.07, 6.45) is -3.78. The Morgan fingerprint density at radius 1 is 1.37 bits per heavy atom. The summed E-state index contributed by atoms with van der Waals surface area (Å²) in [5.74, 6) is -1.05. The van der Waals surface area contributed by atoms with Crippen molar-refractivity contribution in [2.45, 2.75) is 49.9 Å². The quantitative estimate of drug-likeness (QED) is 0.827. The molecule has 0 aromatic carbocycles. The molecule has 2 N–H and O–H groups in total. The summed E-state index contributed by atoms with van der Waals surface area (Å²) in [7, 11) is 0. The highest BCUT2D eigenvalue weighted by Crippen LogP contribution is 2.49. The van der Waals surface area contributed by atoms with Gasteiger partial charge in [0.1, 0.15) is 5.54 Å². The van der Waals surface area contributed by atoms with E-state index >= 15 is 0 Å². The first-order chi connectivity index (χ1) is 8.75. The maximum atomic E-state index is 12.7. The Morgan fingerprint density at radius 3 is 2.47 bits per heavy atom. The third-order valence-corrected chi connectivity index (χ3v) is 3.69. The molecule has 1 unspecified atom stereocenters. The average Bonchev–Trinajstić information content (AvgIpc) is 2.90. The smallest absolute Gasteiger partial charge is 0.411 e. The predicted octanol–water partition coefficient (Wildman–Crippen LogP) is 1.73. The topological polar surface area (TPSA) is 69.6 Å². The van der Waals surface area contributed by atoms with Gasteiger partial charge in [-0.3, -0.25) is 4.79 Å². The molecule has 2 fully saturated rings. The molecule has 108 valence electrons. The molecule has 8 heteroatoms. The molecule has 2 rings (SSSR count). The van der Waals surface area contributed by atoms with Crippen LogP contribution in [0.2, 0.25) is 0 Å². The zero-order valence-corrected chi connectivity index (χ0v) is 10.2. The van der Waals surface area contributed by atoms with E-state index in [1.165, 1.54) is 4.90 Å². The van der Waals surface area contributed by atoms with Crippen molar-refractivity contribution in [1.82, 2.24) is 10.2 Å². The van der Waals surface area contributed by atoms with Crippen LogP contribution in [-0.4, -0.2) is 46.3 Å². The summed E-state index contributed by atoms with van der Waals surface area (Å²) in [5.41, 5.74) is -2.10. The van der Waals surface area contributed by atoms with Crippen molar-refractivity contribution in [3.63, 3.8) is 0 Å². The Kier molecular flexibility index (Phi) is 3.36. The Bertz CT molecular complexity index is 393. The molecule has 0 aromatic heterocycles. The third kappa shape index (κ3) is 2.76. The van der Waals surface area contributed by atoms with Gasteiger partial charge in [0.05, 0.1) is 6.42 Å². The van der Waals surface area contributed by atoms with E-state index in [9.17, 15) is 22.8 Å². The van der Waals surface area contributed by atoms with E-state index in [1.54, 1.807) is 0 Å². The van der Waals surface area contributed by atoms with E-state index in [-0.39, 0.29) is 19.3 Å². The number of hydrogen-bond acceptors (Lipinski definition) is 2. The molecule has 0 radical (unpaired) electrons. The van der Waals surface area contributed by atoms with E-state index in [1.807, 2.05) is 5.32 Å². The van der Waals surface area contributed by atoms with Gasteiger partial charge in [-0.25, -0.2) is 4.79 Å². The van der Waals surface area contributed by atoms with Crippen molar-refractivity contribution in [2.75, 3.05) is 6.54 Å². The van der Waals surface area contributed by atoms with Crippen LogP contribution in [0.25, 0.3) is 0 Å². The fraction of sp³-hybridized carbons (Fsp3) is 0.818. The number of carboxylic acid groups (broad SMARTS) is 1. The van der Waals surface area contributed by atoms with Crippen LogP contribution in [0, 0.1) is 0 Å². The maximum Gasteiger partial charge on any atom is 0.411 e. The second-order valence-corrected chi connectivity index (χ2v) is 5.10. The third-order valence-electron chi connectivity index (χ3n) is 3.69. The highest BCUT2D eigenvalue weighted by atomic mass is 19.4. The number of carbonyl (C=O) groups is 2. The van der Waals surface area contributed by atoms with Crippen LogP contribution < -0.4 is 5.32 Å². The van der Waals surface area contributed by atoms with Crippen LogP contribution in [0.15, 0.2) is 0 Å². The first-order valence-electron chi connectivity index (χ1n) is 6.12. The molecule has 1 aliphatic heterocycles. The minimum Gasteiger partial charge on any atom is -0.481 e. The predicted molar refractivity (Wildman–Crippen MR) is 58.5 cm³/mol. The number of carbonyl (C=O) groups excluding carboxylic acids is 1. The lowest BCUT2D eigenvalue weighted by Crippen LogP contribution is -2.53. The standard InChI is InChI=1S/C11H15F3N2O3/c12-11(13,14)10(3-4-10)15-9(19)16-5-1-2-7(16)6-8(17)18/h7H,1-6H2,(H,15,19)(H,17,18). The van der Waals surface area contributed by atoms with Crippen molar-refractivity contribution in [3.05, 3.63) is 0 Å². The molecule has 1 atom stereocenters. The Hall–Kier alpha value is -1.47. The van der Waals surface area contributed by atoms with E-state index < -0.39 is 29.8 Å². The summed E-state index contributed by atoms with van der Waals surface area (Å²) in [6, 6.07) is -1.32. The van der Waals surface area contributed by atoms with Gasteiger partial charge in [0, 0.05) is 12.6 Å². The Labute approximate surface area is 107 Å². The molecule has 2 amide bonds. The van der Waals surface area contributed by atoms with Crippen LogP contribution in [-0.2, 0) is 4.79 Å². The SMILES string of the molecule is O=C(O)CC1CCCN1C(=O)NC1(C(F)(F)F)CC1. The zero-order chi connectivity index (χ0) is 14.3. The number of alkyl halides is 3. The minimum atomic E-state index is -4.45. The lowest BCUT2D eigenvalue weighted by atomic mass is 10.1. The molecule has 1 saturated heterocycles. The van der Waals surface area contributed by atoms with Gasteiger partial charge in [0.15, 0.2) is 0 Å². The Morgan fingerprint density at radius 2 is 2.00 bits per heavy atom. The lowest BCUT2D eigenvalue weighted by Gasteiger charge is -2.28. The number of rotatable bonds is 3. The van der Waals surface area contributed by atoms with Crippen molar-refractivity contribution in [1.29, 1.82) is 0 Å². The average molecular weight is 280 g/mol. The fourth-order valence-electron chi connectivity index (χ4n) is 2.40. The van der Waals surface area contributed by atoms with Crippen LogP contribution in [0.5, 0.6) is 0 Å². The second kappa shape index (κ2) is 4.57. The maximum absolute atomic E-state index is 12.7. The first kappa shape index (κ1) is 14.0. The molecular formula is C11H15F3N2O3. The monoisotopic (exact) mass is 280 g/mol. The number of likely N-dealkylation sites (tertiary alicyclic amines) is 1. The van der Waals surface area contributed by atoms with Gasteiger partial charge >= 0.3 is 18.2 Å². The van der Waals surface area contributed by atoms with E-state index in [0.29, 0.717) is 19.4 Å². The van der Waals surface area contributed by atoms with E-state index in [2.05, 4.69) is 0 Å². The highest BCUT2D eigenvalue weighted by molar-refractivity contribution is 5.77. The number of aliphatic carboxylic acids is 1. The van der Waals surface area contributed by atoms with Gasteiger partial charge < -0.3 is 15.3 Å². The summed E-state index contributed by atoms with van der Waals surface area (Å²) in [6.45, 7) is 0.303. The number of nitrogens with one attached hydrogen (secondary N) is 1. The van der Waals surface area contributed by atoms with Crippen molar-refractivity contribution in [3.8, 4) is 0 Å². The summed E-state index contributed by atoms with van der Waals surface area (Å²) in [4.78, 5) is 23.7. The van der Waals surface area contributed by atoms with E-state index in [0.717, 1.165) is 0 Å². The number of hydrogen-bond donors (Lipinski definition) is 2. The molecular weight excluding hydrogens is 265 g/mol. The molecule has 5 nitrogen and oxygen atoms in total. The van der Waals surface area contributed by atoms with Gasteiger partial charge in [-0.05, 0) is 25.7 Å². The summed E-state index contributed by atoms with van der Waals surface area (Å²) < 4.78 is 38.2. The fourth-order valence-corrected chi connectivity index (χ4v) is 2.40. The number of amides is 2. The molecule has 1 aliphatic carbocycles. The van der Waals surface area contributed by atoms with Crippen LogP contribution in [0.4, 0.5) is 18.0 Å². The molecule has 1 heterocycles. The Balaban J connectivity index is 1.98. The zero-order valence-electron chi connectivity index (χ0n) is 10.2. The van der Waals surface area contributed by atoms with Crippen molar-refractivity contribution < 1.29 is 27.9 Å². The van der Waals surface area contributed by atoms with Gasteiger partial charge in [0.25, 0.3) is 0 Å². The highest BCUT2D eigenvalue weighted by Gasteiger charge is 2.64. The summed E-state index contributed by atoms with van der Waals surface area (Å²) in [5, 5.41) is 10.7. The van der Waals surface area contributed by atoms with Crippen LogP contribution in [0.1, 0.15) is 32.1 Å². The van der Waals surface area contributed by atoms with Gasteiger partial charge in [0.2, 0.25) is 0 Å². The van der Waals surface area contributed by atoms with Crippen LogP contribution >= 0.6 is 0 Å². The molecule has 19 heavy (non-hydrogen) atoms. The second-order valence-electron chi connectivity index (χ2n) is 5.10. The molecule has 0 aromatic rings. The molecule has 0 bridgehead atoms. The lowest BCUT2D eigenvalue weighted by molar-refractivity contribution is -0.163. The first-order valence-corrected chi connectivity index (χ1v) is 6.12. The molecule has 0 spiro atoms. The van der Waals surface area contributed by atoms with Crippen molar-refractivity contribution in [2.24, 2.45) is 0 Å². The molecule has 1 saturated carbocycles. The molecule has 2 aliphatic rings. The van der Waals surface area contributed by atoms with Gasteiger partial charge in [-0.1, -0.05) is 0 Å². The number of urea groups is 1. The van der Waals surface area contributed by atoms with Crippen molar-refractivity contribution >= 4 is 12.0 Å². The number of halogens is 3. The largest absolute Gasteiger partial charge is 0.481 e. The summed E-state index contributed by atoms with van der Waals surface area (Å²) >= 11 is 0. The van der Waals surface area contributed by atoms with Gasteiger partial charge in [-0.15, -0.1) is 0 Å².